The Labute approximate surface area is 221 Å². The molecule has 0 aromatic heterocycles. The molecule has 0 spiro atoms. The molecule has 2 aromatic carbocycles. The highest BCUT2D eigenvalue weighted by Gasteiger charge is 2.36. The summed E-state index contributed by atoms with van der Waals surface area (Å²) in [6.45, 7) is 11.5. The van der Waals surface area contributed by atoms with Crippen molar-refractivity contribution in [1.29, 1.82) is 0 Å². The maximum Gasteiger partial charge on any atom is 0.408 e. The van der Waals surface area contributed by atoms with Crippen LogP contribution in [0.4, 0.5) is 4.79 Å². The number of amides is 3. The predicted molar refractivity (Wildman–Crippen MR) is 146 cm³/mol. The Bertz CT molecular complexity index is 1120. The van der Waals surface area contributed by atoms with Gasteiger partial charge in [-0.25, -0.2) is 4.79 Å². The van der Waals surface area contributed by atoms with Crippen LogP contribution in [-0.2, 0) is 20.7 Å². The van der Waals surface area contributed by atoms with Crippen LogP contribution < -0.4 is 10.6 Å². The number of terminal acetylenes is 1. The third-order valence-electron chi connectivity index (χ3n) is 5.71. The lowest BCUT2D eigenvalue weighted by Crippen LogP contribution is -2.52. The highest BCUT2D eigenvalue weighted by molar-refractivity contribution is 5.93. The van der Waals surface area contributed by atoms with Gasteiger partial charge >= 0.3 is 6.09 Å². The lowest BCUT2D eigenvalue weighted by molar-refractivity contribution is -0.138. The molecule has 0 aliphatic rings. The van der Waals surface area contributed by atoms with Gasteiger partial charge in [0.05, 0.1) is 0 Å². The average molecular weight is 506 g/mol. The molecule has 0 saturated carbocycles. The summed E-state index contributed by atoms with van der Waals surface area (Å²) in [6.07, 6.45) is 7.03. The summed E-state index contributed by atoms with van der Waals surface area (Å²) in [4.78, 5) is 41.2. The minimum Gasteiger partial charge on any atom is -0.444 e. The topological polar surface area (TPSA) is 87.7 Å². The molecule has 7 heteroatoms. The van der Waals surface area contributed by atoms with Crippen molar-refractivity contribution in [2.45, 2.75) is 78.5 Å². The quantitative estimate of drug-likeness (QED) is 0.275. The van der Waals surface area contributed by atoms with Gasteiger partial charge in [-0.15, -0.1) is 0 Å². The zero-order valence-electron chi connectivity index (χ0n) is 22.8. The SMILES string of the molecule is C#CN(C(=O)C(Cc1ccccc1)NC(=O)OC(C)(C)C)C(C(=O)NCCCC)c1cc(C)ccc1C. The summed E-state index contributed by atoms with van der Waals surface area (Å²) in [5.41, 5.74) is 2.47. The molecular weight excluding hydrogens is 466 g/mol. The van der Waals surface area contributed by atoms with Crippen LogP contribution in [-0.4, -0.2) is 41.0 Å². The zero-order valence-corrected chi connectivity index (χ0v) is 22.8. The van der Waals surface area contributed by atoms with E-state index in [0.717, 1.165) is 34.4 Å². The van der Waals surface area contributed by atoms with E-state index in [1.807, 2.05) is 69.3 Å². The Morgan fingerprint density at radius 3 is 2.35 bits per heavy atom. The second-order valence-corrected chi connectivity index (χ2v) is 10.1. The van der Waals surface area contributed by atoms with Gasteiger partial charge in [-0.2, -0.15) is 0 Å². The summed E-state index contributed by atoms with van der Waals surface area (Å²) in [6, 6.07) is 15.3. The van der Waals surface area contributed by atoms with Crippen LogP contribution in [0.1, 0.15) is 68.8 Å². The Hall–Kier alpha value is -3.79. The van der Waals surface area contributed by atoms with Gasteiger partial charge in [0.2, 0.25) is 5.91 Å². The van der Waals surface area contributed by atoms with Crippen LogP contribution in [0.15, 0.2) is 48.5 Å². The number of aryl methyl sites for hydroxylation is 2. The summed E-state index contributed by atoms with van der Waals surface area (Å²) >= 11 is 0. The normalized spacial score (nSPS) is 12.6. The second kappa shape index (κ2) is 13.5. The fourth-order valence-corrected chi connectivity index (χ4v) is 3.87. The lowest BCUT2D eigenvalue weighted by atomic mass is 9.96. The number of rotatable bonds is 10. The molecule has 2 N–H and O–H groups in total. The molecule has 0 heterocycles. The first kappa shape index (κ1) is 29.4. The smallest absolute Gasteiger partial charge is 0.408 e. The van der Waals surface area contributed by atoms with E-state index in [0.29, 0.717) is 12.1 Å². The zero-order chi connectivity index (χ0) is 27.6. The molecule has 2 aromatic rings. The van der Waals surface area contributed by atoms with Crippen molar-refractivity contribution in [2.24, 2.45) is 0 Å². The maximum absolute atomic E-state index is 14.0. The van der Waals surface area contributed by atoms with E-state index in [1.165, 1.54) is 0 Å². The van der Waals surface area contributed by atoms with Crippen molar-refractivity contribution in [3.63, 3.8) is 0 Å². The molecule has 198 valence electrons. The number of unbranched alkanes of at least 4 members (excludes halogenated alkanes) is 1. The lowest BCUT2D eigenvalue weighted by Gasteiger charge is -2.31. The molecule has 0 saturated heterocycles. The molecular formula is C30H39N3O4. The van der Waals surface area contributed by atoms with Crippen LogP contribution in [0.25, 0.3) is 0 Å². The van der Waals surface area contributed by atoms with Gasteiger partial charge in [0.1, 0.15) is 17.7 Å². The third kappa shape index (κ3) is 8.98. The highest BCUT2D eigenvalue weighted by atomic mass is 16.6. The number of alkyl carbamates (subject to hydrolysis) is 1. The first-order valence-corrected chi connectivity index (χ1v) is 12.6. The number of carbonyl (C=O) groups is 3. The Morgan fingerprint density at radius 1 is 1.08 bits per heavy atom. The standard InChI is InChI=1S/C30H39N3O4/c1-8-10-18-31-27(34)26(24-19-21(3)16-17-22(24)4)33(9-2)28(35)25(20-23-14-12-11-13-15-23)32-29(36)37-30(5,6)7/h2,11-17,19,25-26H,8,10,18,20H2,1,3-7H3,(H,31,34)(H,32,36). The molecule has 37 heavy (non-hydrogen) atoms. The van der Waals surface area contributed by atoms with Gasteiger partial charge in [-0.3, -0.25) is 14.5 Å². The van der Waals surface area contributed by atoms with Crippen molar-refractivity contribution in [2.75, 3.05) is 6.54 Å². The van der Waals surface area contributed by atoms with Gasteiger partial charge in [-0.1, -0.05) is 73.9 Å². The summed E-state index contributed by atoms with van der Waals surface area (Å²) in [5.74, 6) is -0.946. The van der Waals surface area contributed by atoms with E-state index in [1.54, 1.807) is 20.8 Å². The molecule has 0 fully saturated rings. The van der Waals surface area contributed by atoms with Crippen molar-refractivity contribution in [1.82, 2.24) is 15.5 Å². The van der Waals surface area contributed by atoms with Crippen molar-refractivity contribution >= 4 is 17.9 Å². The van der Waals surface area contributed by atoms with Crippen molar-refractivity contribution < 1.29 is 19.1 Å². The third-order valence-corrected chi connectivity index (χ3v) is 5.71. The molecule has 0 radical (unpaired) electrons. The number of nitrogens with zero attached hydrogens (tertiary/aromatic N) is 1. The van der Waals surface area contributed by atoms with Gasteiger partial charge in [0.15, 0.2) is 0 Å². The summed E-state index contributed by atoms with van der Waals surface area (Å²) < 4.78 is 5.41. The van der Waals surface area contributed by atoms with E-state index in [-0.39, 0.29) is 12.3 Å². The summed E-state index contributed by atoms with van der Waals surface area (Å²) in [7, 11) is 0. The Balaban J connectivity index is 2.49. The molecule has 0 aliphatic heterocycles. The van der Waals surface area contributed by atoms with E-state index in [4.69, 9.17) is 11.2 Å². The predicted octanol–water partition coefficient (Wildman–Crippen LogP) is 4.82. The van der Waals surface area contributed by atoms with E-state index in [9.17, 15) is 14.4 Å². The first-order valence-electron chi connectivity index (χ1n) is 12.6. The molecule has 0 bridgehead atoms. The van der Waals surface area contributed by atoms with Gasteiger partial charge in [-0.05, 0) is 57.7 Å². The molecule has 3 amide bonds. The van der Waals surface area contributed by atoms with Gasteiger partial charge < -0.3 is 15.4 Å². The van der Waals surface area contributed by atoms with Crippen molar-refractivity contribution in [3.8, 4) is 12.5 Å². The number of hydrogen-bond acceptors (Lipinski definition) is 4. The molecule has 7 nitrogen and oxygen atoms in total. The Kier molecular flexibility index (Phi) is 10.7. The average Bonchev–Trinajstić information content (AvgIpc) is 2.83. The van der Waals surface area contributed by atoms with E-state index < -0.39 is 29.7 Å². The fourth-order valence-electron chi connectivity index (χ4n) is 3.87. The number of benzene rings is 2. The van der Waals surface area contributed by atoms with Crippen molar-refractivity contribution in [3.05, 3.63) is 70.8 Å². The monoisotopic (exact) mass is 505 g/mol. The largest absolute Gasteiger partial charge is 0.444 e. The molecule has 2 rings (SSSR count). The summed E-state index contributed by atoms with van der Waals surface area (Å²) in [5, 5.41) is 5.60. The second-order valence-electron chi connectivity index (χ2n) is 10.1. The number of nitrogens with one attached hydrogen (secondary N) is 2. The first-order chi connectivity index (χ1) is 17.5. The van der Waals surface area contributed by atoms with Gasteiger partial charge in [0.25, 0.3) is 5.91 Å². The number of ether oxygens (including phenoxy) is 1. The minimum atomic E-state index is -1.06. The van der Waals surface area contributed by atoms with Crippen LogP contribution in [0.3, 0.4) is 0 Å². The Morgan fingerprint density at radius 2 is 1.76 bits per heavy atom. The van der Waals surface area contributed by atoms with Crippen LogP contribution in [0.2, 0.25) is 0 Å². The van der Waals surface area contributed by atoms with Gasteiger partial charge in [0, 0.05) is 19.0 Å². The molecule has 2 atom stereocenters. The number of carbonyl (C=O) groups excluding carboxylic acids is 3. The van der Waals surface area contributed by atoms with E-state index in [2.05, 4.69) is 16.7 Å². The molecule has 0 aliphatic carbocycles. The highest BCUT2D eigenvalue weighted by Crippen LogP contribution is 2.26. The van der Waals surface area contributed by atoms with E-state index >= 15 is 0 Å². The maximum atomic E-state index is 14.0. The van der Waals surface area contributed by atoms with Crippen LogP contribution in [0, 0.1) is 26.3 Å². The van der Waals surface area contributed by atoms with Crippen LogP contribution in [0.5, 0.6) is 0 Å². The minimum absolute atomic E-state index is 0.175. The molecule has 2 unspecified atom stereocenters. The fraction of sp³-hybridized carbons (Fsp3) is 0.433. The number of hydrogen-bond donors (Lipinski definition) is 2. The van der Waals surface area contributed by atoms with Crippen LogP contribution >= 0.6 is 0 Å².